The van der Waals surface area contributed by atoms with Crippen LogP contribution >= 0.6 is 0 Å². The fraction of sp³-hybridized carbons (Fsp3) is 0.304. The van der Waals surface area contributed by atoms with Crippen LogP contribution in [0.4, 0.5) is 0 Å². The summed E-state index contributed by atoms with van der Waals surface area (Å²) >= 11 is 0. The van der Waals surface area contributed by atoms with Crippen molar-refractivity contribution in [2.75, 3.05) is 34.3 Å². The van der Waals surface area contributed by atoms with Gasteiger partial charge in [-0.1, -0.05) is 24.3 Å². The molecule has 0 aliphatic carbocycles. The highest BCUT2D eigenvalue weighted by atomic mass is 16.5. The fourth-order valence-electron chi connectivity index (χ4n) is 3.89. The van der Waals surface area contributed by atoms with Crippen LogP contribution in [0.25, 0.3) is 11.0 Å². The van der Waals surface area contributed by atoms with E-state index in [1.165, 1.54) is 0 Å². The minimum absolute atomic E-state index is 0.147. The predicted octanol–water partition coefficient (Wildman–Crippen LogP) is 3.30. The van der Waals surface area contributed by atoms with E-state index in [4.69, 9.17) is 9.15 Å². The van der Waals surface area contributed by atoms with Crippen molar-refractivity contribution in [3.63, 3.8) is 0 Å². The molecule has 1 aromatic heterocycles. The van der Waals surface area contributed by atoms with Gasteiger partial charge in [0.15, 0.2) is 5.43 Å². The Morgan fingerprint density at radius 1 is 1.07 bits per heavy atom. The molecule has 0 fully saturated rings. The van der Waals surface area contributed by atoms with Crippen molar-refractivity contribution in [2.24, 2.45) is 0 Å². The number of hydrogen-bond donors (Lipinski definition) is 0. The zero-order chi connectivity index (χ0) is 20.5. The highest BCUT2D eigenvalue weighted by Gasteiger charge is 2.42. The van der Waals surface area contributed by atoms with Gasteiger partial charge in [-0.2, -0.15) is 0 Å². The van der Waals surface area contributed by atoms with Gasteiger partial charge in [-0.15, -0.1) is 0 Å². The van der Waals surface area contributed by atoms with Crippen molar-refractivity contribution < 1.29 is 13.9 Å². The molecule has 1 aliphatic heterocycles. The van der Waals surface area contributed by atoms with Gasteiger partial charge in [0.25, 0.3) is 5.91 Å². The van der Waals surface area contributed by atoms with Crippen LogP contribution in [0.3, 0.4) is 0 Å². The molecule has 1 atom stereocenters. The Bertz CT molecular complexity index is 1100. The minimum Gasteiger partial charge on any atom is -0.497 e. The van der Waals surface area contributed by atoms with Crippen LogP contribution in [-0.2, 0) is 0 Å². The van der Waals surface area contributed by atoms with Gasteiger partial charge in [0.05, 0.1) is 24.1 Å². The molecule has 2 aromatic carbocycles. The number of ether oxygens (including phenoxy) is 1. The third-order valence-corrected chi connectivity index (χ3v) is 5.31. The van der Waals surface area contributed by atoms with Gasteiger partial charge in [-0.25, -0.2) is 0 Å². The van der Waals surface area contributed by atoms with E-state index in [0.29, 0.717) is 23.1 Å². The van der Waals surface area contributed by atoms with Gasteiger partial charge in [-0.05, 0) is 56.9 Å². The molecule has 150 valence electrons. The second-order valence-electron chi connectivity index (χ2n) is 7.50. The smallest absolute Gasteiger partial charge is 0.290 e. The Hall–Kier alpha value is -3.12. The molecule has 0 N–H and O–H groups in total. The maximum atomic E-state index is 13.3. The maximum Gasteiger partial charge on any atom is 0.290 e. The molecular weight excluding hydrogens is 368 g/mol. The SMILES string of the molecule is COc1ccc([C@@H]2c3c(oc4ccccc4c3=O)C(=O)N2CCCN(C)C)cc1. The Kier molecular flexibility index (Phi) is 5.11. The van der Waals surface area contributed by atoms with Gasteiger partial charge < -0.3 is 19.0 Å². The van der Waals surface area contributed by atoms with Crippen molar-refractivity contribution >= 4 is 16.9 Å². The highest BCUT2D eigenvalue weighted by Crippen LogP contribution is 2.38. The van der Waals surface area contributed by atoms with E-state index < -0.39 is 6.04 Å². The van der Waals surface area contributed by atoms with Crippen molar-refractivity contribution in [1.82, 2.24) is 9.80 Å². The normalized spacial score (nSPS) is 15.9. The van der Waals surface area contributed by atoms with Gasteiger partial charge in [0.2, 0.25) is 5.76 Å². The summed E-state index contributed by atoms with van der Waals surface area (Å²) in [4.78, 5) is 30.4. The third kappa shape index (κ3) is 3.40. The Balaban J connectivity index is 1.85. The molecule has 6 nitrogen and oxygen atoms in total. The number of methoxy groups -OCH3 is 1. The lowest BCUT2D eigenvalue weighted by Gasteiger charge is -2.25. The molecule has 0 bridgehead atoms. The quantitative estimate of drug-likeness (QED) is 0.644. The van der Waals surface area contributed by atoms with Crippen LogP contribution in [0.5, 0.6) is 5.75 Å². The summed E-state index contributed by atoms with van der Waals surface area (Å²) in [5.41, 5.74) is 1.58. The number of rotatable bonds is 6. The molecule has 0 saturated heterocycles. The molecule has 0 radical (unpaired) electrons. The average molecular weight is 392 g/mol. The van der Waals surface area contributed by atoms with Crippen LogP contribution in [-0.4, -0.2) is 50.0 Å². The number of carbonyl (C=O) groups is 1. The lowest BCUT2D eigenvalue weighted by molar-refractivity contribution is 0.0722. The molecule has 2 heterocycles. The number of nitrogens with zero attached hydrogens (tertiary/aromatic N) is 2. The summed E-state index contributed by atoms with van der Waals surface area (Å²) < 4.78 is 11.2. The van der Waals surface area contributed by atoms with Gasteiger partial charge in [0, 0.05) is 6.54 Å². The second kappa shape index (κ2) is 7.72. The molecule has 4 rings (SSSR count). The number of para-hydroxylation sites is 1. The topological polar surface area (TPSA) is 63.0 Å². The zero-order valence-corrected chi connectivity index (χ0v) is 16.8. The zero-order valence-electron chi connectivity index (χ0n) is 16.8. The van der Waals surface area contributed by atoms with Gasteiger partial charge in [-0.3, -0.25) is 9.59 Å². The van der Waals surface area contributed by atoms with E-state index in [0.717, 1.165) is 24.3 Å². The van der Waals surface area contributed by atoms with Crippen LogP contribution in [0.1, 0.15) is 34.1 Å². The van der Waals surface area contributed by atoms with Crippen LogP contribution in [0.15, 0.2) is 57.7 Å². The molecule has 1 aliphatic rings. The first-order valence-electron chi connectivity index (χ1n) is 9.66. The lowest BCUT2D eigenvalue weighted by Crippen LogP contribution is -2.32. The third-order valence-electron chi connectivity index (χ3n) is 5.31. The Labute approximate surface area is 169 Å². The van der Waals surface area contributed by atoms with E-state index in [1.54, 1.807) is 36.3 Å². The summed E-state index contributed by atoms with van der Waals surface area (Å²) in [5.74, 6) is 0.643. The standard InChI is InChI=1S/C23H24N2O4/c1-24(2)13-6-14-25-20(15-9-11-16(28-3)12-10-15)19-21(26)17-7-4-5-8-18(17)29-22(19)23(25)27/h4-5,7-12,20H,6,13-14H2,1-3H3/t20-/m1/s1. The second-order valence-corrected chi connectivity index (χ2v) is 7.50. The molecule has 29 heavy (non-hydrogen) atoms. The highest BCUT2D eigenvalue weighted by molar-refractivity contribution is 5.99. The summed E-state index contributed by atoms with van der Waals surface area (Å²) in [7, 11) is 5.61. The molecular formula is C23H24N2O4. The summed E-state index contributed by atoms with van der Waals surface area (Å²) in [6, 6.07) is 14.1. The summed E-state index contributed by atoms with van der Waals surface area (Å²) in [5, 5.41) is 0.493. The average Bonchev–Trinajstić information content (AvgIpc) is 3.00. The minimum atomic E-state index is -0.466. The maximum absolute atomic E-state index is 13.3. The van der Waals surface area contributed by atoms with E-state index in [-0.39, 0.29) is 17.1 Å². The predicted molar refractivity (Wildman–Crippen MR) is 112 cm³/mol. The number of amides is 1. The molecule has 0 unspecified atom stereocenters. The van der Waals surface area contributed by atoms with Crippen LogP contribution in [0.2, 0.25) is 0 Å². The van der Waals surface area contributed by atoms with E-state index in [2.05, 4.69) is 4.90 Å². The van der Waals surface area contributed by atoms with Crippen molar-refractivity contribution in [3.05, 3.63) is 75.6 Å². The molecule has 0 saturated carbocycles. The monoisotopic (exact) mass is 392 g/mol. The van der Waals surface area contributed by atoms with Crippen molar-refractivity contribution in [1.29, 1.82) is 0 Å². The molecule has 0 spiro atoms. The number of benzene rings is 2. The van der Waals surface area contributed by atoms with Crippen LogP contribution in [0, 0.1) is 0 Å². The molecule has 3 aromatic rings. The first-order chi connectivity index (χ1) is 14.0. The number of hydrogen-bond acceptors (Lipinski definition) is 5. The summed E-state index contributed by atoms with van der Waals surface area (Å²) in [6.07, 6.45) is 0.799. The van der Waals surface area contributed by atoms with E-state index in [1.807, 2.05) is 38.4 Å². The molecule has 6 heteroatoms. The first-order valence-corrected chi connectivity index (χ1v) is 9.66. The van der Waals surface area contributed by atoms with Crippen molar-refractivity contribution in [2.45, 2.75) is 12.5 Å². The van der Waals surface area contributed by atoms with E-state index in [9.17, 15) is 9.59 Å². The number of fused-ring (bicyclic) bond motifs is 2. The van der Waals surface area contributed by atoms with E-state index >= 15 is 0 Å². The fourth-order valence-corrected chi connectivity index (χ4v) is 3.89. The van der Waals surface area contributed by atoms with Crippen molar-refractivity contribution in [3.8, 4) is 5.75 Å². The Morgan fingerprint density at radius 3 is 2.48 bits per heavy atom. The Morgan fingerprint density at radius 2 is 1.79 bits per heavy atom. The lowest BCUT2D eigenvalue weighted by atomic mass is 9.98. The van der Waals surface area contributed by atoms with Gasteiger partial charge >= 0.3 is 0 Å². The summed E-state index contributed by atoms with van der Waals surface area (Å²) in [6.45, 7) is 1.38. The first kappa shape index (κ1) is 19.2. The molecule has 1 amide bonds. The van der Waals surface area contributed by atoms with Crippen LogP contribution < -0.4 is 10.2 Å². The number of carbonyl (C=O) groups excluding carboxylic acids is 1. The largest absolute Gasteiger partial charge is 0.497 e. The van der Waals surface area contributed by atoms with Gasteiger partial charge in [0.1, 0.15) is 11.3 Å².